The zero-order valence-corrected chi connectivity index (χ0v) is 8.66. The third kappa shape index (κ3) is 1.54. The Morgan fingerprint density at radius 1 is 1.44 bits per heavy atom. The van der Waals surface area contributed by atoms with E-state index in [2.05, 4.69) is 0 Å². The van der Waals surface area contributed by atoms with Crippen LogP contribution in [0.2, 0.25) is 0 Å². The molecule has 16 heavy (non-hydrogen) atoms. The molecule has 0 fully saturated rings. The molecule has 0 aliphatic carbocycles. The van der Waals surface area contributed by atoms with Crippen LogP contribution in [0.5, 0.6) is 0 Å². The quantitative estimate of drug-likeness (QED) is 0.783. The minimum Gasteiger partial charge on any atom is -0.478 e. The van der Waals surface area contributed by atoms with Gasteiger partial charge in [0.2, 0.25) is 5.91 Å². The summed E-state index contributed by atoms with van der Waals surface area (Å²) in [5, 5.41) is 8.76. The molecule has 0 bridgehead atoms. The monoisotopic (exact) mass is 223 g/mol. The second-order valence-electron chi connectivity index (χ2n) is 3.72. The topological polar surface area (TPSA) is 57.6 Å². The first kappa shape index (κ1) is 10.6. The van der Waals surface area contributed by atoms with Crippen LogP contribution in [0.25, 0.3) is 0 Å². The number of hydrogen-bond acceptors (Lipinski definition) is 2. The Hall–Kier alpha value is -1.91. The second-order valence-corrected chi connectivity index (χ2v) is 3.72. The van der Waals surface area contributed by atoms with Crippen molar-refractivity contribution in [1.29, 1.82) is 0 Å². The molecule has 5 heteroatoms. The van der Waals surface area contributed by atoms with Gasteiger partial charge in [0, 0.05) is 19.2 Å². The van der Waals surface area contributed by atoms with E-state index in [0.717, 1.165) is 6.07 Å². The summed E-state index contributed by atoms with van der Waals surface area (Å²) in [6.45, 7) is 0. The van der Waals surface area contributed by atoms with Crippen molar-refractivity contribution < 1.29 is 19.1 Å². The summed E-state index contributed by atoms with van der Waals surface area (Å²) in [5.41, 5.74) is 0.807. The number of amides is 1. The van der Waals surface area contributed by atoms with Crippen LogP contribution in [0.15, 0.2) is 12.1 Å². The molecule has 2 rings (SSSR count). The Morgan fingerprint density at radius 2 is 2.12 bits per heavy atom. The molecule has 0 saturated carbocycles. The van der Waals surface area contributed by atoms with Gasteiger partial charge in [0.25, 0.3) is 0 Å². The number of nitrogens with zero attached hydrogens (tertiary/aromatic N) is 1. The van der Waals surface area contributed by atoms with Gasteiger partial charge in [-0.15, -0.1) is 0 Å². The zero-order valence-electron chi connectivity index (χ0n) is 8.66. The molecule has 1 N–H and O–H groups in total. The molecule has 1 heterocycles. The number of carboxylic acid groups (broad SMARTS) is 1. The van der Waals surface area contributed by atoms with Crippen LogP contribution in [0.1, 0.15) is 22.3 Å². The standard InChI is InChI=1S/C11H10FNO3/c1-13-9-5-8(12)7(11(15)16)4-6(9)2-3-10(13)14/h4-5H,2-3H2,1H3,(H,15,16). The summed E-state index contributed by atoms with van der Waals surface area (Å²) in [5.74, 6) is -2.19. The maximum absolute atomic E-state index is 13.4. The van der Waals surface area contributed by atoms with Gasteiger partial charge in [0.1, 0.15) is 5.82 Å². The molecule has 4 nitrogen and oxygen atoms in total. The zero-order chi connectivity index (χ0) is 11.9. The van der Waals surface area contributed by atoms with E-state index in [1.807, 2.05) is 0 Å². The van der Waals surface area contributed by atoms with Crippen LogP contribution in [0.3, 0.4) is 0 Å². The van der Waals surface area contributed by atoms with Gasteiger partial charge >= 0.3 is 5.97 Å². The number of benzene rings is 1. The predicted molar refractivity (Wildman–Crippen MR) is 55.1 cm³/mol. The van der Waals surface area contributed by atoms with Gasteiger partial charge in [-0.2, -0.15) is 0 Å². The van der Waals surface area contributed by atoms with E-state index in [4.69, 9.17) is 5.11 Å². The average molecular weight is 223 g/mol. The van der Waals surface area contributed by atoms with Gasteiger partial charge in [-0.25, -0.2) is 9.18 Å². The SMILES string of the molecule is CN1C(=O)CCc2cc(C(=O)O)c(F)cc21. The normalized spacial score (nSPS) is 14.9. The van der Waals surface area contributed by atoms with E-state index in [-0.39, 0.29) is 11.5 Å². The molecule has 1 aliphatic heterocycles. The fourth-order valence-corrected chi connectivity index (χ4v) is 1.83. The molecule has 0 radical (unpaired) electrons. The number of anilines is 1. The Kier molecular flexibility index (Phi) is 2.38. The highest BCUT2D eigenvalue weighted by atomic mass is 19.1. The molecule has 0 spiro atoms. The maximum Gasteiger partial charge on any atom is 0.338 e. The van der Waals surface area contributed by atoms with E-state index < -0.39 is 11.8 Å². The highest BCUT2D eigenvalue weighted by Crippen LogP contribution is 2.29. The number of hydrogen-bond donors (Lipinski definition) is 1. The Bertz CT molecular complexity index is 484. The van der Waals surface area contributed by atoms with Crippen LogP contribution in [0, 0.1) is 5.82 Å². The number of carbonyl (C=O) groups is 2. The first-order valence-electron chi connectivity index (χ1n) is 4.83. The van der Waals surface area contributed by atoms with Crippen molar-refractivity contribution in [1.82, 2.24) is 0 Å². The van der Waals surface area contributed by atoms with Crippen LogP contribution in [-0.4, -0.2) is 24.0 Å². The highest BCUT2D eigenvalue weighted by Gasteiger charge is 2.24. The summed E-state index contributed by atoms with van der Waals surface area (Å²) in [7, 11) is 1.56. The minimum absolute atomic E-state index is 0.0880. The van der Waals surface area contributed by atoms with Crippen LogP contribution in [0.4, 0.5) is 10.1 Å². The van der Waals surface area contributed by atoms with E-state index in [1.54, 1.807) is 7.05 Å². The molecular weight excluding hydrogens is 213 g/mol. The lowest BCUT2D eigenvalue weighted by Crippen LogP contribution is -2.31. The van der Waals surface area contributed by atoms with E-state index >= 15 is 0 Å². The van der Waals surface area contributed by atoms with Crippen molar-refractivity contribution >= 4 is 17.6 Å². The lowest BCUT2D eigenvalue weighted by Gasteiger charge is -2.26. The Balaban J connectivity index is 2.56. The largest absolute Gasteiger partial charge is 0.478 e. The molecule has 0 atom stereocenters. The van der Waals surface area contributed by atoms with E-state index in [1.165, 1.54) is 11.0 Å². The number of aromatic carboxylic acids is 1. The lowest BCUT2D eigenvalue weighted by atomic mass is 9.99. The third-order valence-electron chi connectivity index (χ3n) is 2.74. The molecule has 1 amide bonds. The molecule has 1 aromatic carbocycles. The molecule has 0 aromatic heterocycles. The van der Waals surface area contributed by atoms with Gasteiger partial charge in [-0.3, -0.25) is 4.79 Å². The van der Waals surface area contributed by atoms with Crippen molar-refractivity contribution in [2.24, 2.45) is 0 Å². The molecule has 1 aliphatic rings. The number of carbonyl (C=O) groups excluding carboxylic acids is 1. The maximum atomic E-state index is 13.4. The van der Waals surface area contributed by atoms with Gasteiger partial charge in [-0.05, 0) is 24.1 Å². The van der Waals surface area contributed by atoms with Crippen molar-refractivity contribution in [3.63, 3.8) is 0 Å². The average Bonchev–Trinajstić information content (AvgIpc) is 2.23. The fourth-order valence-electron chi connectivity index (χ4n) is 1.83. The van der Waals surface area contributed by atoms with Crippen molar-refractivity contribution in [3.8, 4) is 0 Å². The first-order chi connectivity index (χ1) is 7.50. The van der Waals surface area contributed by atoms with Crippen molar-refractivity contribution in [2.45, 2.75) is 12.8 Å². The van der Waals surface area contributed by atoms with Gasteiger partial charge in [0.05, 0.1) is 5.56 Å². The van der Waals surface area contributed by atoms with Gasteiger partial charge in [-0.1, -0.05) is 0 Å². The first-order valence-corrected chi connectivity index (χ1v) is 4.83. The Labute approximate surface area is 91.3 Å². The van der Waals surface area contributed by atoms with E-state index in [0.29, 0.717) is 24.1 Å². The molecule has 1 aromatic rings. The molecule has 84 valence electrons. The number of halogens is 1. The van der Waals surface area contributed by atoms with Gasteiger partial charge < -0.3 is 10.0 Å². The molecule has 0 unspecified atom stereocenters. The summed E-state index contributed by atoms with van der Waals surface area (Å²) in [6.07, 6.45) is 0.785. The second kappa shape index (κ2) is 3.59. The summed E-state index contributed by atoms with van der Waals surface area (Å²) < 4.78 is 13.4. The van der Waals surface area contributed by atoms with Crippen LogP contribution < -0.4 is 4.90 Å². The number of rotatable bonds is 1. The van der Waals surface area contributed by atoms with Gasteiger partial charge in [0.15, 0.2) is 0 Å². The lowest BCUT2D eigenvalue weighted by molar-refractivity contribution is -0.118. The summed E-state index contributed by atoms with van der Waals surface area (Å²) in [6, 6.07) is 2.41. The van der Waals surface area contributed by atoms with E-state index in [9.17, 15) is 14.0 Å². The highest BCUT2D eigenvalue weighted by molar-refractivity contribution is 5.97. The van der Waals surface area contributed by atoms with Crippen molar-refractivity contribution in [3.05, 3.63) is 29.1 Å². The summed E-state index contributed by atoms with van der Waals surface area (Å²) in [4.78, 5) is 23.5. The summed E-state index contributed by atoms with van der Waals surface area (Å²) >= 11 is 0. The number of fused-ring (bicyclic) bond motifs is 1. The third-order valence-corrected chi connectivity index (χ3v) is 2.74. The van der Waals surface area contributed by atoms with Crippen LogP contribution >= 0.6 is 0 Å². The number of carboxylic acids is 1. The van der Waals surface area contributed by atoms with Crippen molar-refractivity contribution in [2.75, 3.05) is 11.9 Å². The fraction of sp³-hybridized carbons (Fsp3) is 0.273. The Morgan fingerprint density at radius 3 is 2.75 bits per heavy atom. The predicted octanol–water partition coefficient (Wildman–Crippen LogP) is 1.43. The van der Waals surface area contributed by atoms with Crippen LogP contribution in [-0.2, 0) is 11.2 Å². The molecule has 0 saturated heterocycles. The smallest absolute Gasteiger partial charge is 0.338 e. The number of aryl methyl sites for hydroxylation is 1. The minimum atomic E-state index is -1.29. The molecular formula is C11H10FNO3.